The van der Waals surface area contributed by atoms with Crippen LogP contribution in [0.4, 0.5) is 0 Å². The molecule has 3 nitrogen and oxygen atoms in total. The number of thioether (sulfide) groups is 1. The summed E-state index contributed by atoms with van der Waals surface area (Å²) < 4.78 is 5.23. The summed E-state index contributed by atoms with van der Waals surface area (Å²) in [7, 11) is 1.58. The molecule has 0 radical (unpaired) electrons. The van der Waals surface area contributed by atoms with Gasteiger partial charge in [-0.15, -0.1) is 11.8 Å². The predicted molar refractivity (Wildman–Crippen MR) is 86.3 cm³/mol. The van der Waals surface area contributed by atoms with Crippen molar-refractivity contribution in [3.63, 3.8) is 0 Å². The van der Waals surface area contributed by atoms with Gasteiger partial charge >= 0.3 is 0 Å². The molecule has 0 unspecified atom stereocenters. The lowest BCUT2D eigenvalue weighted by Crippen LogP contribution is -2.04. The summed E-state index contributed by atoms with van der Waals surface area (Å²) in [4.78, 5) is 15.6. The quantitative estimate of drug-likeness (QED) is 0.568. The number of nitrogens with one attached hydrogen (secondary N) is 1. The number of hydrogen-bond acceptors (Lipinski definition) is 3. The molecule has 0 aliphatic carbocycles. The van der Waals surface area contributed by atoms with Crippen LogP contribution in [-0.4, -0.2) is 23.6 Å². The van der Waals surface area contributed by atoms with Gasteiger partial charge in [-0.05, 0) is 24.3 Å². The molecule has 0 aliphatic rings. The van der Waals surface area contributed by atoms with Gasteiger partial charge in [0.1, 0.15) is 5.75 Å². The van der Waals surface area contributed by atoms with Gasteiger partial charge in [0, 0.05) is 10.9 Å². The monoisotopic (exact) mass is 297 g/mol. The Bertz CT molecular complexity index is 746. The normalized spacial score (nSPS) is 10.7. The van der Waals surface area contributed by atoms with Crippen molar-refractivity contribution in [2.45, 2.75) is 5.03 Å². The molecule has 3 aromatic rings. The first-order chi connectivity index (χ1) is 10.3. The van der Waals surface area contributed by atoms with E-state index in [0.29, 0.717) is 17.1 Å². The van der Waals surface area contributed by atoms with Crippen molar-refractivity contribution in [1.29, 1.82) is 0 Å². The van der Waals surface area contributed by atoms with E-state index in [1.54, 1.807) is 19.2 Å². The first kappa shape index (κ1) is 13.8. The first-order valence-electron chi connectivity index (χ1n) is 6.64. The van der Waals surface area contributed by atoms with Crippen molar-refractivity contribution in [2.75, 3.05) is 12.9 Å². The average molecular weight is 297 g/mol. The van der Waals surface area contributed by atoms with E-state index in [4.69, 9.17) is 4.74 Å². The van der Waals surface area contributed by atoms with Crippen LogP contribution in [0.2, 0.25) is 0 Å². The van der Waals surface area contributed by atoms with E-state index < -0.39 is 0 Å². The molecule has 0 saturated heterocycles. The number of ether oxygens (including phenoxy) is 1. The molecular formula is C17H15NO2S. The number of hydrogen-bond donors (Lipinski definition) is 1. The fourth-order valence-corrected chi connectivity index (χ4v) is 3.06. The van der Waals surface area contributed by atoms with Gasteiger partial charge < -0.3 is 9.72 Å². The van der Waals surface area contributed by atoms with Crippen molar-refractivity contribution in [3.05, 3.63) is 60.2 Å². The van der Waals surface area contributed by atoms with Crippen molar-refractivity contribution in [2.24, 2.45) is 0 Å². The topological polar surface area (TPSA) is 42.1 Å². The number of carbonyl (C=O) groups excluding carboxylic acids is 1. The Morgan fingerprint density at radius 1 is 1.14 bits per heavy atom. The zero-order chi connectivity index (χ0) is 14.7. The zero-order valence-corrected chi connectivity index (χ0v) is 12.4. The van der Waals surface area contributed by atoms with E-state index in [0.717, 1.165) is 15.9 Å². The van der Waals surface area contributed by atoms with Crippen LogP contribution in [0.15, 0.2) is 59.6 Å². The number of Topliss-reactive ketones (excluding diaryl/α,β-unsaturated/α-hetero) is 1. The second-order valence-electron chi connectivity index (χ2n) is 4.63. The molecule has 106 valence electrons. The standard InChI is InChI=1S/C17H15NO2S/c1-20-16-9-5-3-7-13(16)15(19)11-21-17-10-12-6-2-4-8-14(12)18-17/h2-10,18H,11H2,1H3. The molecule has 0 spiro atoms. The number of rotatable bonds is 5. The van der Waals surface area contributed by atoms with Crippen molar-refractivity contribution < 1.29 is 9.53 Å². The molecular weight excluding hydrogens is 282 g/mol. The number of carbonyl (C=O) groups is 1. The number of para-hydroxylation sites is 2. The molecule has 0 aliphatic heterocycles. The van der Waals surface area contributed by atoms with E-state index in [2.05, 4.69) is 17.1 Å². The molecule has 3 rings (SSSR count). The Morgan fingerprint density at radius 2 is 1.90 bits per heavy atom. The average Bonchev–Trinajstić information content (AvgIpc) is 2.95. The minimum absolute atomic E-state index is 0.0658. The zero-order valence-electron chi connectivity index (χ0n) is 11.6. The van der Waals surface area contributed by atoms with Crippen molar-refractivity contribution in [1.82, 2.24) is 4.98 Å². The summed E-state index contributed by atoms with van der Waals surface area (Å²) in [6.07, 6.45) is 0. The number of H-pyrrole nitrogens is 1. The number of aromatic amines is 1. The lowest BCUT2D eigenvalue weighted by molar-refractivity contribution is 0.101. The van der Waals surface area contributed by atoms with Gasteiger partial charge in [0.05, 0.1) is 23.5 Å². The van der Waals surface area contributed by atoms with Crippen LogP contribution >= 0.6 is 11.8 Å². The van der Waals surface area contributed by atoms with Crippen molar-refractivity contribution in [3.8, 4) is 5.75 Å². The molecule has 0 amide bonds. The van der Waals surface area contributed by atoms with E-state index >= 15 is 0 Å². The highest BCUT2D eigenvalue weighted by molar-refractivity contribution is 8.00. The summed E-state index contributed by atoms with van der Waals surface area (Å²) in [5, 5.41) is 2.16. The van der Waals surface area contributed by atoms with Gasteiger partial charge in [-0.2, -0.15) is 0 Å². The van der Waals surface area contributed by atoms with E-state index in [9.17, 15) is 4.79 Å². The molecule has 1 N–H and O–H groups in total. The molecule has 4 heteroatoms. The molecule has 0 bridgehead atoms. The minimum Gasteiger partial charge on any atom is -0.496 e. The number of methoxy groups -OCH3 is 1. The number of benzene rings is 2. The Balaban J connectivity index is 1.73. The lowest BCUT2D eigenvalue weighted by Gasteiger charge is -2.06. The first-order valence-corrected chi connectivity index (χ1v) is 7.63. The van der Waals surface area contributed by atoms with Crippen molar-refractivity contribution >= 4 is 28.4 Å². The van der Waals surface area contributed by atoms with E-state index in [1.807, 2.05) is 30.3 Å². The number of ketones is 1. The van der Waals surface area contributed by atoms with Crippen LogP contribution in [0.1, 0.15) is 10.4 Å². The van der Waals surface area contributed by atoms with Crippen LogP contribution in [0.3, 0.4) is 0 Å². The second-order valence-corrected chi connectivity index (χ2v) is 5.65. The number of fused-ring (bicyclic) bond motifs is 1. The lowest BCUT2D eigenvalue weighted by atomic mass is 10.1. The maximum absolute atomic E-state index is 12.3. The number of aromatic nitrogens is 1. The molecule has 2 aromatic carbocycles. The van der Waals surface area contributed by atoms with Crippen LogP contribution in [0.25, 0.3) is 10.9 Å². The summed E-state index contributed by atoms with van der Waals surface area (Å²) in [6, 6.07) is 17.5. The van der Waals surface area contributed by atoms with Gasteiger partial charge in [0.2, 0.25) is 0 Å². The molecule has 0 fully saturated rings. The van der Waals surface area contributed by atoms with Gasteiger partial charge in [-0.3, -0.25) is 4.79 Å². The SMILES string of the molecule is COc1ccccc1C(=O)CSc1cc2ccccc2[nH]1. The molecule has 1 aromatic heterocycles. The third-order valence-corrected chi connectivity index (χ3v) is 4.21. The minimum atomic E-state index is 0.0658. The maximum Gasteiger partial charge on any atom is 0.176 e. The predicted octanol–water partition coefficient (Wildman–Crippen LogP) is 4.15. The molecule has 0 saturated carbocycles. The van der Waals surface area contributed by atoms with Crippen LogP contribution < -0.4 is 4.74 Å². The third-order valence-electron chi connectivity index (χ3n) is 3.27. The van der Waals surface area contributed by atoms with Crippen LogP contribution in [0, 0.1) is 0 Å². The van der Waals surface area contributed by atoms with Crippen LogP contribution in [-0.2, 0) is 0 Å². The Hall–Kier alpha value is -2.20. The summed E-state index contributed by atoms with van der Waals surface area (Å²) in [5.74, 6) is 1.07. The fraction of sp³-hybridized carbons (Fsp3) is 0.118. The Kier molecular flexibility index (Phi) is 3.97. The van der Waals surface area contributed by atoms with E-state index in [1.165, 1.54) is 11.8 Å². The summed E-state index contributed by atoms with van der Waals surface area (Å²) in [6.45, 7) is 0. The van der Waals surface area contributed by atoms with E-state index in [-0.39, 0.29) is 5.78 Å². The van der Waals surface area contributed by atoms with Gasteiger partial charge in [-0.25, -0.2) is 0 Å². The van der Waals surface area contributed by atoms with Gasteiger partial charge in [0.25, 0.3) is 0 Å². The highest BCUT2D eigenvalue weighted by Crippen LogP contribution is 2.25. The Morgan fingerprint density at radius 3 is 2.71 bits per heavy atom. The molecule has 21 heavy (non-hydrogen) atoms. The molecule has 0 atom stereocenters. The Labute approximate surface area is 127 Å². The highest BCUT2D eigenvalue weighted by Gasteiger charge is 2.12. The second kappa shape index (κ2) is 6.06. The summed E-state index contributed by atoms with van der Waals surface area (Å²) in [5.41, 5.74) is 1.72. The van der Waals surface area contributed by atoms with Crippen LogP contribution in [0.5, 0.6) is 5.75 Å². The smallest absolute Gasteiger partial charge is 0.176 e. The molecule has 1 heterocycles. The fourth-order valence-electron chi connectivity index (χ4n) is 2.22. The van der Waals surface area contributed by atoms with Gasteiger partial charge in [0.15, 0.2) is 5.78 Å². The largest absolute Gasteiger partial charge is 0.496 e. The third kappa shape index (κ3) is 2.95. The summed E-state index contributed by atoms with van der Waals surface area (Å²) >= 11 is 1.51. The van der Waals surface area contributed by atoms with Gasteiger partial charge in [-0.1, -0.05) is 30.3 Å². The highest BCUT2D eigenvalue weighted by atomic mass is 32.2. The maximum atomic E-state index is 12.3.